The van der Waals surface area contributed by atoms with E-state index >= 15 is 0 Å². The molecule has 224 valence electrons. The third kappa shape index (κ3) is 25.1. The maximum absolute atomic E-state index is 12.3. The van der Waals surface area contributed by atoms with Gasteiger partial charge in [-0.2, -0.15) is 0 Å². The van der Waals surface area contributed by atoms with E-state index in [2.05, 4.69) is 26.0 Å². The van der Waals surface area contributed by atoms with E-state index in [4.69, 9.17) is 24.3 Å². The zero-order valence-corrected chi connectivity index (χ0v) is 24.8. The Labute approximate surface area is 230 Å². The van der Waals surface area contributed by atoms with Gasteiger partial charge in [0.2, 0.25) is 0 Å². The molecule has 10 heteroatoms. The fourth-order valence-electron chi connectivity index (χ4n) is 3.75. The van der Waals surface area contributed by atoms with Crippen molar-refractivity contribution in [1.82, 2.24) is 0 Å². The summed E-state index contributed by atoms with van der Waals surface area (Å²) in [6, 6.07) is 0. The van der Waals surface area contributed by atoms with Crippen molar-refractivity contribution in [2.75, 3.05) is 26.4 Å². The fraction of sp³-hybridized carbons (Fsp3) is 0.857. The molecule has 0 heterocycles. The highest BCUT2D eigenvalue weighted by Crippen LogP contribution is 2.43. The summed E-state index contributed by atoms with van der Waals surface area (Å²) in [5, 5.41) is 0. The maximum atomic E-state index is 12.3. The van der Waals surface area contributed by atoms with E-state index in [1.165, 1.54) is 32.1 Å². The Morgan fingerprint density at radius 1 is 0.789 bits per heavy atom. The number of hydrogen-bond donors (Lipinski definition) is 2. The molecule has 0 amide bonds. The highest BCUT2D eigenvalue weighted by molar-refractivity contribution is 7.47. The van der Waals surface area contributed by atoms with Crippen molar-refractivity contribution in [3.63, 3.8) is 0 Å². The normalized spacial score (nSPS) is 13.9. The number of carbonyl (C=O) groups excluding carboxylic acids is 2. The van der Waals surface area contributed by atoms with Crippen LogP contribution in [0.2, 0.25) is 0 Å². The molecule has 0 aromatic heterocycles. The van der Waals surface area contributed by atoms with Crippen LogP contribution in [0.5, 0.6) is 0 Å². The summed E-state index contributed by atoms with van der Waals surface area (Å²) in [5.41, 5.74) is 5.29. The largest absolute Gasteiger partial charge is 0.472 e. The molecule has 0 spiro atoms. The smallest absolute Gasteiger partial charge is 0.462 e. The average Bonchev–Trinajstić information content (AvgIpc) is 2.89. The number of hydrogen-bond acceptors (Lipinski definition) is 8. The summed E-state index contributed by atoms with van der Waals surface area (Å²) in [5.74, 6) is -0.850. The zero-order valence-electron chi connectivity index (χ0n) is 23.9. The molecule has 1 unspecified atom stereocenters. The second-order valence-corrected chi connectivity index (χ2v) is 11.0. The van der Waals surface area contributed by atoms with Crippen molar-refractivity contribution in [2.45, 2.75) is 129 Å². The van der Waals surface area contributed by atoms with Gasteiger partial charge in [-0.05, 0) is 32.1 Å². The first-order valence-corrected chi connectivity index (χ1v) is 16.2. The number of allylic oxidation sites excluding steroid dienone is 2. The van der Waals surface area contributed by atoms with E-state index in [9.17, 15) is 19.0 Å². The monoisotopic (exact) mass is 563 g/mol. The first-order valence-electron chi connectivity index (χ1n) is 14.7. The summed E-state index contributed by atoms with van der Waals surface area (Å²) >= 11 is 0. The molecule has 38 heavy (non-hydrogen) atoms. The summed E-state index contributed by atoms with van der Waals surface area (Å²) in [4.78, 5) is 34.2. The van der Waals surface area contributed by atoms with Gasteiger partial charge in [-0.1, -0.05) is 90.2 Å². The summed E-state index contributed by atoms with van der Waals surface area (Å²) in [7, 11) is -4.35. The van der Waals surface area contributed by atoms with E-state index < -0.39 is 32.5 Å². The number of phosphoric acid groups is 1. The van der Waals surface area contributed by atoms with Gasteiger partial charge in [-0.3, -0.25) is 18.6 Å². The molecule has 0 radical (unpaired) electrons. The highest BCUT2D eigenvalue weighted by atomic mass is 31.2. The highest BCUT2D eigenvalue weighted by Gasteiger charge is 2.25. The van der Waals surface area contributed by atoms with Gasteiger partial charge in [0.15, 0.2) is 6.10 Å². The third-order valence-electron chi connectivity index (χ3n) is 5.91. The molecule has 0 saturated carbocycles. The van der Waals surface area contributed by atoms with Gasteiger partial charge in [-0.25, -0.2) is 4.57 Å². The standard InChI is InChI=1S/C28H54NO8P/c1-3-5-7-9-11-13-15-17-19-21-28(31)37-26(25-36-38(32,33)35-23-22-29)24-34-27(30)20-18-16-14-12-10-8-6-4-2/h5,7,26H,3-4,6,8-25,29H2,1-2H3,(H,32,33)/b7-5+/t26-/m1/s1. The average molecular weight is 564 g/mol. The Bertz CT molecular complexity index is 659. The number of ether oxygens (including phenoxy) is 2. The topological polar surface area (TPSA) is 134 Å². The van der Waals surface area contributed by atoms with Gasteiger partial charge in [0.1, 0.15) is 6.61 Å². The van der Waals surface area contributed by atoms with Gasteiger partial charge in [0.25, 0.3) is 0 Å². The molecule has 0 bridgehead atoms. The first kappa shape index (κ1) is 36.8. The van der Waals surface area contributed by atoms with E-state index in [0.29, 0.717) is 6.42 Å². The Kier molecular flexibility index (Phi) is 25.1. The molecule has 0 aromatic carbocycles. The number of esters is 2. The SMILES string of the molecule is CC/C=C/CCCCCCCC(=O)O[C@H](COC(=O)CCCCCCCCCC)COP(=O)(O)OCCN. The summed E-state index contributed by atoms with van der Waals surface area (Å²) in [6.45, 7) is 3.53. The molecule has 0 fully saturated rings. The molecule has 3 N–H and O–H groups in total. The molecule has 2 atom stereocenters. The number of carbonyl (C=O) groups is 2. The predicted octanol–water partition coefficient (Wildman–Crippen LogP) is 6.76. The second-order valence-electron chi connectivity index (χ2n) is 9.59. The Morgan fingerprint density at radius 2 is 1.37 bits per heavy atom. The van der Waals surface area contributed by atoms with Gasteiger partial charge in [0, 0.05) is 19.4 Å². The first-order chi connectivity index (χ1) is 18.3. The van der Waals surface area contributed by atoms with Crippen LogP contribution < -0.4 is 5.73 Å². The lowest BCUT2D eigenvalue weighted by molar-refractivity contribution is -0.161. The third-order valence-corrected chi connectivity index (χ3v) is 6.90. The lowest BCUT2D eigenvalue weighted by Crippen LogP contribution is -2.29. The Hall–Kier alpha value is -1.25. The van der Waals surface area contributed by atoms with E-state index in [0.717, 1.165) is 57.8 Å². The quantitative estimate of drug-likeness (QED) is 0.0481. The van der Waals surface area contributed by atoms with E-state index in [1.807, 2.05) is 0 Å². The fourth-order valence-corrected chi connectivity index (χ4v) is 4.52. The lowest BCUT2D eigenvalue weighted by Gasteiger charge is -2.19. The van der Waals surface area contributed by atoms with Gasteiger partial charge >= 0.3 is 19.8 Å². The molecule has 0 saturated heterocycles. The van der Waals surface area contributed by atoms with Crippen molar-refractivity contribution in [2.24, 2.45) is 5.73 Å². The molecule has 0 aliphatic carbocycles. The van der Waals surface area contributed by atoms with Gasteiger partial charge in [0.05, 0.1) is 13.2 Å². The molecule has 0 aromatic rings. The van der Waals surface area contributed by atoms with Crippen molar-refractivity contribution >= 4 is 19.8 Å². The van der Waals surface area contributed by atoms with Crippen LogP contribution in [0.15, 0.2) is 12.2 Å². The molecular formula is C28H54NO8P. The molecule has 9 nitrogen and oxygen atoms in total. The van der Waals surface area contributed by atoms with Crippen LogP contribution in [0.1, 0.15) is 123 Å². The van der Waals surface area contributed by atoms with Crippen LogP contribution in [0, 0.1) is 0 Å². The van der Waals surface area contributed by atoms with Crippen LogP contribution >= 0.6 is 7.82 Å². The van der Waals surface area contributed by atoms with Crippen molar-refractivity contribution in [3.05, 3.63) is 12.2 Å². The molecule has 0 rings (SSSR count). The van der Waals surface area contributed by atoms with E-state index in [1.54, 1.807) is 0 Å². The van der Waals surface area contributed by atoms with Crippen LogP contribution in [-0.4, -0.2) is 49.3 Å². The van der Waals surface area contributed by atoms with Crippen LogP contribution in [0.4, 0.5) is 0 Å². The minimum atomic E-state index is -4.35. The second kappa shape index (κ2) is 26.0. The number of unbranched alkanes of at least 4 members (excludes halogenated alkanes) is 12. The Morgan fingerprint density at radius 3 is 1.97 bits per heavy atom. The van der Waals surface area contributed by atoms with Crippen LogP contribution in [0.3, 0.4) is 0 Å². The van der Waals surface area contributed by atoms with Crippen molar-refractivity contribution in [1.29, 1.82) is 0 Å². The number of nitrogens with two attached hydrogens (primary N) is 1. The van der Waals surface area contributed by atoms with Gasteiger partial charge in [-0.15, -0.1) is 0 Å². The maximum Gasteiger partial charge on any atom is 0.472 e. The van der Waals surface area contributed by atoms with Crippen LogP contribution in [-0.2, 0) is 32.7 Å². The van der Waals surface area contributed by atoms with Gasteiger partial charge < -0.3 is 20.1 Å². The van der Waals surface area contributed by atoms with Crippen molar-refractivity contribution in [3.8, 4) is 0 Å². The molecular weight excluding hydrogens is 509 g/mol. The minimum absolute atomic E-state index is 0.0537. The summed E-state index contributed by atoms with van der Waals surface area (Å²) < 4.78 is 32.3. The number of rotatable bonds is 27. The minimum Gasteiger partial charge on any atom is -0.462 e. The zero-order chi connectivity index (χ0) is 28.3. The molecule has 0 aliphatic rings. The predicted molar refractivity (Wildman–Crippen MR) is 151 cm³/mol. The van der Waals surface area contributed by atoms with Crippen LogP contribution in [0.25, 0.3) is 0 Å². The van der Waals surface area contributed by atoms with Crippen molar-refractivity contribution < 1.29 is 37.6 Å². The Balaban J connectivity index is 4.38. The number of phosphoric ester groups is 1. The lowest BCUT2D eigenvalue weighted by atomic mass is 10.1. The van der Waals surface area contributed by atoms with E-state index in [-0.39, 0.29) is 32.6 Å². The summed E-state index contributed by atoms with van der Waals surface area (Å²) in [6.07, 6.45) is 19.9. The molecule has 0 aliphatic heterocycles.